The molecule has 0 radical (unpaired) electrons. The number of ketones is 1. The number of halogens is 2. The first-order valence-corrected chi connectivity index (χ1v) is 13.3. The van der Waals surface area contributed by atoms with Gasteiger partial charge in [-0.25, -0.2) is 0 Å². The van der Waals surface area contributed by atoms with E-state index in [1.807, 2.05) is 0 Å². The van der Waals surface area contributed by atoms with Crippen molar-refractivity contribution in [1.29, 1.82) is 0 Å². The second-order valence-corrected chi connectivity index (χ2v) is 9.93. The second-order valence-electron chi connectivity index (χ2n) is 8.07. The molecule has 4 aromatic rings. The number of carbonyl (C=O) groups excluding carboxylic acids is 3. The van der Waals surface area contributed by atoms with E-state index in [9.17, 15) is 14.4 Å². The minimum absolute atomic E-state index is 0.0377. The molecule has 0 fully saturated rings. The van der Waals surface area contributed by atoms with Crippen LogP contribution in [0.4, 0.5) is 5.69 Å². The monoisotopic (exact) mass is 560 g/mol. The molecule has 0 saturated heterocycles. The molecule has 4 aromatic carbocycles. The van der Waals surface area contributed by atoms with Crippen molar-refractivity contribution in [2.45, 2.75) is 4.90 Å². The van der Waals surface area contributed by atoms with Gasteiger partial charge < -0.3 is 10.6 Å². The van der Waals surface area contributed by atoms with Gasteiger partial charge in [-0.2, -0.15) is 0 Å². The zero-order valence-corrected chi connectivity index (χ0v) is 22.3. The summed E-state index contributed by atoms with van der Waals surface area (Å²) >= 11 is 13.8. The summed E-state index contributed by atoms with van der Waals surface area (Å²) in [5.74, 6) is -0.773. The first kappa shape index (κ1) is 27.2. The van der Waals surface area contributed by atoms with E-state index in [1.165, 1.54) is 17.8 Å². The molecule has 0 heterocycles. The second kappa shape index (κ2) is 13.1. The van der Waals surface area contributed by atoms with Gasteiger partial charge in [0.2, 0.25) is 0 Å². The fourth-order valence-corrected chi connectivity index (χ4v) is 4.65. The van der Waals surface area contributed by atoms with Crippen molar-refractivity contribution in [3.63, 3.8) is 0 Å². The highest BCUT2D eigenvalue weighted by Crippen LogP contribution is 2.24. The number of amides is 2. The average molecular weight is 561 g/mol. The summed E-state index contributed by atoms with van der Waals surface area (Å²) in [6.45, 7) is 0. The van der Waals surface area contributed by atoms with Gasteiger partial charge in [0.1, 0.15) is 5.70 Å². The van der Waals surface area contributed by atoms with Gasteiger partial charge in [-0.1, -0.05) is 71.7 Å². The number of anilines is 1. The van der Waals surface area contributed by atoms with Crippen LogP contribution in [-0.2, 0) is 4.79 Å². The first-order valence-electron chi connectivity index (χ1n) is 11.6. The number of carbonyl (C=O) groups is 3. The summed E-state index contributed by atoms with van der Waals surface area (Å²) in [5.41, 5.74) is 2.05. The standard InChI is InChI=1S/C30H22Cl2N2O3S/c31-25-12-6-4-10-21(25)18-27(34-29(36)20-8-2-1-3-9-20)30(37)33-22-14-16-23(17-15-22)38-19-28(35)24-11-5-7-13-26(24)32/h1-18H,19H2,(H,33,37)(H,34,36)/b27-18-. The number of nitrogens with one attached hydrogen (secondary N) is 2. The first-order chi connectivity index (χ1) is 18.4. The van der Waals surface area contributed by atoms with Crippen molar-refractivity contribution in [3.05, 3.63) is 136 Å². The molecule has 0 aliphatic rings. The number of hydrogen-bond acceptors (Lipinski definition) is 4. The Hall–Kier alpha value is -3.84. The van der Waals surface area contributed by atoms with Crippen molar-refractivity contribution in [1.82, 2.24) is 5.32 Å². The quantitative estimate of drug-likeness (QED) is 0.127. The van der Waals surface area contributed by atoms with Crippen LogP contribution in [0.15, 0.2) is 114 Å². The lowest BCUT2D eigenvalue weighted by Crippen LogP contribution is -2.30. The Morgan fingerprint density at radius 3 is 2.05 bits per heavy atom. The minimum atomic E-state index is -0.511. The number of benzene rings is 4. The summed E-state index contributed by atoms with van der Waals surface area (Å²) in [6, 6.07) is 29.7. The van der Waals surface area contributed by atoms with E-state index >= 15 is 0 Å². The van der Waals surface area contributed by atoms with Crippen LogP contribution in [0.5, 0.6) is 0 Å². The summed E-state index contributed by atoms with van der Waals surface area (Å²) in [5, 5.41) is 6.37. The SMILES string of the molecule is O=C(Nc1ccc(SCC(=O)c2ccccc2Cl)cc1)/C(=C/c1ccccc1Cl)NC(=O)c1ccccc1. The molecular formula is C30H22Cl2N2O3S. The van der Waals surface area contributed by atoms with Crippen LogP contribution in [0.3, 0.4) is 0 Å². The number of rotatable bonds is 9. The Morgan fingerprint density at radius 2 is 1.37 bits per heavy atom. The lowest BCUT2D eigenvalue weighted by Gasteiger charge is -2.12. The fourth-order valence-electron chi connectivity index (χ4n) is 3.44. The molecule has 0 atom stereocenters. The molecule has 190 valence electrons. The van der Waals surface area contributed by atoms with Gasteiger partial charge in [-0.3, -0.25) is 14.4 Å². The summed E-state index contributed by atoms with van der Waals surface area (Å²) in [6.07, 6.45) is 1.53. The molecule has 0 aromatic heterocycles. The van der Waals surface area contributed by atoms with Crippen molar-refractivity contribution in [2.75, 3.05) is 11.1 Å². The van der Waals surface area contributed by atoms with Crippen LogP contribution in [0.2, 0.25) is 10.0 Å². The van der Waals surface area contributed by atoms with E-state index in [4.69, 9.17) is 23.2 Å². The molecule has 2 N–H and O–H groups in total. The van der Waals surface area contributed by atoms with Crippen LogP contribution in [-0.4, -0.2) is 23.4 Å². The Balaban J connectivity index is 1.45. The molecule has 4 rings (SSSR count). The molecule has 0 saturated carbocycles. The van der Waals surface area contributed by atoms with Crippen molar-refractivity contribution < 1.29 is 14.4 Å². The van der Waals surface area contributed by atoms with E-state index in [0.717, 1.165) is 4.90 Å². The predicted molar refractivity (Wildman–Crippen MR) is 155 cm³/mol. The van der Waals surface area contributed by atoms with Crippen LogP contribution in [0.1, 0.15) is 26.3 Å². The third-order valence-corrected chi connectivity index (χ3v) is 7.08. The van der Waals surface area contributed by atoms with E-state index in [1.54, 1.807) is 103 Å². The Bertz CT molecular complexity index is 1490. The van der Waals surface area contributed by atoms with Crippen LogP contribution < -0.4 is 10.6 Å². The van der Waals surface area contributed by atoms with Gasteiger partial charge in [-0.15, -0.1) is 11.8 Å². The zero-order chi connectivity index (χ0) is 26.9. The van der Waals surface area contributed by atoms with Crippen molar-refractivity contribution >= 4 is 64.3 Å². The maximum absolute atomic E-state index is 13.2. The van der Waals surface area contributed by atoms with E-state index in [2.05, 4.69) is 10.6 Å². The van der Waals surface area contributed by atoms with Crippen molar-refractivity contribution in [2.24, 2.45) is 0 Å². The van der Waals surface area contributed by atoms with Gasteiger partial charge >= 0.3 is 0 Å². The van der Waals surface area contributed by atoms with Crippen LogP contribution in [0, 0.1) is 0 Å². The maximum atomic E-state index is 13.2. The van der Waals surface area contributed by atoms with Gasteiger partial charge in [0, 0.05) is 26.7 Å². The van der Waals surface area contributed by atoms with Gasteiger partial charge in [0.25, 0.3) is 11.8 Å². The zero-order valence-electron chi connectivity index (χ0n) is 20.0. The van der Waals surface area contributed by atoms with Crippen LogP contribution in [0.25, 0.3) is 6.08 Å². The van der Waals surface area contributed by atoms with Gasteiger partial charge in [0.05, 0.1) is 10.8 Å². The Labute approximate surface area is 234 Å². The van der Waals surface area contributed by atoms with E-state index < -0.39 is 11.8 Å². The number of thioether (sulfide) groups is 1. The van der Waals surface area contributed by atoms with Gasteiger partial charge in [0.15, 0.2) is 5.78 Å². The van der Waals surface area contributed by atoms with E-state index in [0.29, 0.717) is 32.4 Å². The highest BCUT2D eigenvalue weighted by atomic mass is 35.5. The average Bonchev–Trinajstić information content (AvgIpc) is 2.94. The molecule has 2 amide bonds. The molecule has 0 aliphatic carbocycles. The summed E-state index contributed by atoms with van der Waals surface area (Å²) in [4.78, 5) is 39.3. The lowest BCUT2D eigenvalue weighted by molar-refractivity contribution is -0.113. The van der Waals surface area contributed by atoms with Crippen molar-refractivity contribution in [3.8, 4) is 0 Å². The normalized spacial score (nSPS) is 11.1. The predicted octanol–water partition coefficient (Wildman–Crippen LogP) is 7.38. The van der Waals surface area contributed by atoms with Crippen LogP contribution >= 0.6 is 35.0 Å². The molecule has 0 aliphatic heterocycles. The third-order valence-electron chi connectivity index (χ3n) is 5.39. The largest absolute Gasteiger partial charge is 0.321 e. The molecular weight excluding hydrogens is 539 g/mol. The third kappa shape index (κ3) is 7.35. The minimum Gasteiger partial charge on any atom is -0.321 e. The Kier molecular flexibility index (Phi) is 9.38. The maximum Gasteiger partial charge on any atom is 0.272 e. The molecule has 38 heavy (non-hydrogen) atoms. The Morgan fingerprint density at radius 1 is 0.737 bits per heavy atom. The molecule has 0 bridgehead atoms. The number of Topliss-reactive ketones (excluding diaryl/α,β-unsaturated/α-hetero) is 1. The van der Waals surface area contributed by atoms with E-state index in [-0.39, 0.29) is 17.2 Å². The van der Waals surface area contributed by atoms with Gasteiger partial charge in [-0.05, 0) is 66.2 Å². The molecule has 8 heteroatoms. The summed E-state index contributed by atoms with van der Waals surface area (Å²) < 4.78 is 0. The number of hydrogen-bond donors (Lipinski definition) is 2. The fraction of sp³-hybridized carbons (Fsp3) is 0.0333. The topological polar surface area (TPSA) is 75.3 Å². The molecule has 0 spiro atoms. The summed E-state index contributed by atoms with van der Waals surface area (Å²) in [7, 11) is 0. The smallest absolute Gasteiger partial charge is 0.272 e. The molecule has 0 unspecified atom stereocenters. The lowest BCUT2D eigenvalue weighted by atomic mass is 10.1. The highest BCUT2D eigenvalue weighted by Gasteiger charge is 2.16. The molecule has 5 nitrogen and oxygen atoms in total. The highest BCUT2D eigenvalue weighted by molar-refractivity contribution is 8.00.